The molecule has 108 valence electrons. The van der Waals surface area contributed by atoms with Gasteiger partial charge in [0.2, 0.25) is 5.91 Å². The third kappa shape index (κ3) is 6.13. The van der Waals surface area contributed by atoms with Gasteiger partial charge in [-0.1, -0.05) is 6.92 Å². The number of rotatable bonds is 9. The third-order valence-corrected chi connectivity index (χ3v) is 3.44. The molecule has 1 aromatic heterocycles. The van der Waals surface area contributed by atoms with Crippen LogP contribution in [0.4, 0.5) is 5.13 Å². The minimum absolute atomic E-state index is 0.00730. The van der Waals surface area contributed by atoms with Gasteiger partial charge < -0.3 is 15.4 Å². The maximum Gasteiger partial charge on any atom is 0.226 e. The van der Waals surface area contributed by atoms with Crippen LogP contribution < -0.4 is 10.6 Å². The van der Waals surface area contributed by atoms with E-state index in [1.807, 2.05) is 5.38 Å². The van der Waals surface area contributed by atoms with E-state index in [1.165, 1.54) is 11.3 Å². The van der Waals surface area contributed by atoms with Crippen LogP contribution in [0, 0.1) is 0 Å². The molecule has 19 heavy (non-hydrogen) atoms. The molecule has 1 amide bonds. The molecule has 1 heterocycles. The Bertz CT molecular complexity index is 382. The van der Waals surface area contributed by atoms with Gasteiger partial charge >= 0.3 is 0 Å². The molecule has 5 nitrogen and oxygen atoms in total. The molecule has 6 heteroatoms. The number of thiazole rings is 1. The number of amides is 1. The lowest BCUT2D eigenvalue weighted by molar-refractivity contribution is -0.116. The summed E-state index contributed by atoms with van der Waals surface area (Å²) in [5, 5.41) is 8.84. The Kier molecular flexibility index (Phi) is 7.62. The van der Waals surface area contributed by atoms with E-state index < -0.39 is 0 Å². The number of carbonyl (C=O) groups excluding carboxylic acids is 1. The molecule has 1 unspecified atom stereocenters. The van der Waals surface area contributed by atoms with Crippen LogP contribution in [0.1, 0.15) is 44.8 Å². The Morgan fingerprint density at radius 3 is 3.05 bits per heavy atom. The molecule has 0 fully saturated rings. The van der Waals surface area contributed by atoms with Crippen molar-refractivity contribution in [2.45, 2.75) is 39.2 Å². The molecule has 0 spiro atoms. The minimum atomic E-state index is -0.00730. The van der Waals surface area contributed by atoms with Crippen LogP contribution in [0.25, 0.3) is 0 Å². The maximum atomic E-state index is 11.6. The SMILES string of the molecule is CCCNC(C)c1csc(NC(=O)CCCOC)n1. The van der Waals surface area contributed by atoms with Crippen LogP contribution in [0.15, 0.2) is 5.38 Å². The van der Waals surface area contributed by atoms with E-state index in [0.29, 0.717) is 18.2 Å². The van der Waals surface area contributed by atoms with Gasteiger partial charge in [0.05, 0.1) is 5.69 Å². The van der Waals surface area contributed by atoms with Crippen molar-refractivity contribution in [2.24, 2.45) is 0 Å². The summed E-state index contributed by atoms with van der Waals surface area (Å²) in [7, 11) is 1.63. The zero-order chi connectivity index (χ0) is 14.1. The largest absolute Gasteiger partial charge is 0.385 e. The Hall–Kier alpha value is -0.980. The van der Waals surface area contributed by atoms with E-state index >= 15 is 0 Å². The predicted molar refractivity (Wildman–Crippen MR) is 78.6 cm³/mol. The summed E-state index contributed by atoms with van der Waals surface area (Å²) < 4.78 is 4.91. The molecule has 0 aromatic carbocycles. The smallest absolute Gasteiger partial charge is 0.226 e. The number of aromatic nitrogens is 1. The van der Waals surface area contributed by atoms with Gasteiger partial charge in [-0.2, -0.15) is 0 Å². The summed E-state index contributed by atoms with van der Waals surface area (Å²) in [5.41, 5.74) is 0.977. The molecule has 0 aliphatic carbocycles. The van der Waals surface area contributed by atoms with Gasteiger partial charge in [0.25, 0.3) is 0 Å². The van der Waals surface area contributed by atoms with E-state index in [0.717, 1.165) is 25.1 Å². The highest BCUT2D eigenvalue weighted by atomic mass is 32.1. The van der Waals surface area contributed by atoms with Gasteiger partial charge in [0, 0.05) is 31.6 Å². The van der Waals surface area contributed by atoms with Gasteiger partial charge in [-0.05, 0) is 26.3 Å². The number of hydrogen-bond acceptors (Lipinski definition) is 5. The second-order valence-corrected chi connectivity index (χ2v) is 5.26. The van der Waals surface area contributed by atoms with Crippen molar-refractivity contribution in [3.8, 4) is 0 Å². The van der Waals surface area contributed by atoms with Gasteiger partial charge in [0.1, 0.15) is 0 Å². The van der Waals surface area contributed by atoms with Crippen LogP contribution in [0.2, 0.25) is 0 Å². The first-order valence-electron chi connectivity index (χ1n) is 6.65. The van der Waals surface area contributed by atoms with Crippen molar-refractivity contribution in [3.05, 3.63) is 11.1 Å². The van der Waals surface area contributed by atoms with E-state index in [1.54, 1.807) is 7.11 Å². The van der Waals surface area contributed by atoms with Gasteiger partial charge in [-0.25, -0.2) is 4.98 Å². The van der Waals surface area contributed by atoms with E-state index in [-0.39, 0.29) is 11.9 Å². The molecule has 0 aliphatic heterocycles. The maximum absolute atomic E-state index is 11.6. The first-order chi connectivity index (χ1) is 9.17. The van der Waals surface area contributed by atoms with Crippen LogP contribution in [0.3, 0.4) is 0 Å². The van der Waals surface area contributed by atoms with Crippen LogP contribution in [-0.2, 0) is 9.53 Å². The molecule has 2 N–H and O–H groups in total. The molecule has 1 aromatic rings. The number of carbonyl (C=O) groups is 1. The summed E-state index contributed by atoms with van der Waals surface area (Å²) in [6, 6.07) is 0.218. The number of nitrogens with one attached hydrogen (secondary N) is 2. The normalized spacial score (nSPS) is 12.4. The number of anilines is 1. The number of hydrogen-bond donors (Lipinski definition) is 2. The van der Waals surface area contributed by atoms with E-state index in [4.69, 9.17) is 4.74 Å². The molecular formula is C13H23N3O2S. The van der Waals surface area contributed by atoms with E-state index in [9.17, 15) is 4.79 Å². The monoisotopic (exact) mass is 285 g/mol. The van der Waals surface area contributed by atoms with Gasteiger partial charge in [0.15, 0.2) is 5.13 Å². The summed E-state index contributed by atoms with van der Waals surface area (Å²) in [6.07, 6.45) is 2.29. The van der Waals surface area contributed by atoms with Gasteiger partial charge in [-0.3, -0.25) is 4.79 Å². The summed E-state index contributed by atoms with van der Waals surface area (Å²) in [5.74, 6) is -0.00730. The molecular weight excluding hydrogens is 262 g/mol. The van der Waals surface area contributed by atoms with Crippen molar-refractivity contribution in [1.82, 2.24) is 10.3 Å². The Morgan fingerprint density at radius 1 is 1.58 bits per heavy atom. The lowest BCUT2D eigenvalue weighted by Gasteiger charge is -2.09. The van der Waals surface area contributed by atoms with Crippen LogP contribution in [0.5, 0.6) is 0 Å². The molecule has 0 saturated heterocycles. The fourth-order valence-corrected chi connectivity index (χ4v) is 2.39. The number of nitrogens with zero attached hydrogens (tertiary/aromatic N) is 1. The molecule has 0 bridgehead atoms. The molecule has 0 radical (unpaired) electrons. The fourth-order valence-electron chi connectivity index (χ4n) is 1.57. The highest BCUT2D eigenvalue weighted by Crippen LogP contribution is 2.20. The molecule has 0 aliphatic rings. The first-order valence-corrected chi connectivity index (χ1v) is 7.53. The molecule has 1 atom stereocenters. The second kappa shape index (κ2) is 9.01. The fraction of sp³-hybridized carbons (Fsp3) is 0.692. The topological polar surface area (TPSA) is 63.2 Å². The quantitative estimate of drug-likeness (QED) is 0.685. The zero-order valence-electron chi connectivity index (χ0n) is 11.9. The van der Waals surface area contributed by atoms with Gasteiger partial charge in [-0.15, -0.1) is 11.3 Å². The van der Waals surface area contributed by atoms with Crippen LogP contribution >= 0.6 is 11.3 Å². The standard InChI is InChI=1S/C13H23N3O2S/c1-4-7-14-10(2)11-9-19-13(15-11)16-12(17)6-5-8-18-3/h9-10,14H,4-8H2,1-3H3,(H,15,16,17). The Balaban J connectivity index is 2.39. The highest BCUT2D eigenvalue weighted by Gasteiger charge is 2.10. The Morgan fingerprint density at radius 2 is 2.37 bits per heavy atom. The summed E-state index contributed by atoms with van der Waals surface area (Å²) in [6.45, 7) is 5.78. The summed E-state index contributed by atoms with van der Waals surface area (Å²) in [4.78, 5) is 16.0. The second-order valence-electron chi connectivity index (χ2n) is 4.40. The minimum Gasteiger partial charge on any atom is -0.385 e. The zero-order valence-corrected chi connectivity index (χ0v) is 12.7. The lowest BCUT2D eigenvalue weighted by atomic mass is 10.2. The molecule has 0 saturated carbocycles. The van der Waals surface area contributed by atoms with Crippen molar-refractivity contribution in [3.63, 3.8) is 0 Å². The van der Waals surface area contributed by atoms with Crippen molar-refractivity contribution >= 4 is 22.4 Å². The average Bonchev–Trinajstić information content (AvgIpc) is 2.84. The van der Waals surface area contributed by atoms with Crippen molar-refractivity contribution in [1.29, 1.82) is 0 Å². The van der Waals surface area contributed by atoms with Crippen molar-refractivity contribution in [2.75, 3.05) is 25.6 Å². The van der Waals surface area contributed by atoms with E-state index in [2.05, 4.69) is 29.5 Å². The van der Waals surface area contributed by atoms with Crippen molar-refractivity contribution < 1.29 is 9.53 Å². The highest BCUT2D eigenvalue weighted by molar-refractivity contribution is 7.13. The Labute approximate surface area is 118 Å². The first kappa shape index (κ1) is 16.1. The molecule has 1 rings (SSSR count). The predicted octanol–water partition coefficient (Wildman–Crippen LogP) is 2.57. The third-order valence-electron chi connectivity index (χ3n) is 2.66. The average molecular weight is 285 g/mol. The lowest BCUT2D eigenvalue weighted by Crippen LogP contribution is -2.19. The summed E-state index contributed by atoms with van der Waals surface area (Å²) >= 11 is 1.46. The number of methoxy groups -OCH3 is 1. The number of ether oxygens (including phenoxy) is 1. The van der Waals surface area contributed by atoms with Crippen LogP contribution in [-0.4, -0.2) is 31.2 Å².